The standard InChI is InChI=1S/C9H10Cl2O2/c10-5-6-12-7-13-9-3-1-8(11)2-4-9/h1-4H,5-7H2. The Morgan fingerprint density at radius 3 is 2.46 bits per heavy atom. The van der Waals surface area contributed by atoms with Gasteiger partial charge in [-0.1, -0.05) is 11.6 Å². The van der Waals surface area contributed by atoms with Gasteiger partial charge in [0, 0.05) is 10.9 Å². The van der Waals surface area contributed by atoms with Crippen molar-refractivity contribution in [1.29, 1.82) is 0 Å². The van der Waals surface area contributed by atoms with Crippen molar-refractivity contribution < 1.29 is 9.47 Å². The maximum atomic E-state index is 5.69. The van der Waals surface area contributed by atoms with E-state index in [1.807, 2.05) is 0 Å². The topological polar surface area (TPSA) is 18.5 Å². The normalized spacial score (nSPS) is 10.0. The molecule has 1 rings (SSSR count). The van der Waals surface area contributed by atoms with E-state index in [2.05, 4.69) is 0 Å². The van der Waals surface area contributed by atoms with Gasteiger partial charge in [-0.25, -0.2) is 0 Å². The van der Waals surface area contributed by atoms with Crippen LogP contribution in [0.25, 0.3) is 0 Å². The zero-order valence-corrected chi connectivity index (χ0v) is 8.52. The molecule has 0 aromatic heterocycles. The number of benzene rings is 1. The monoisotopic (exact) mass is 220 g/mol. The van der Waals surface area contributed by atoms with Crippen LogP contribution in [-0.2, 0) is 4.74 Å². The molecule has 0 unspecified atom stereocenters. The van der Waals surface area contributed by atoms with Crippen molar-refractivity contribution in [3.63, 3.8) is 0 Å². The number of ether oxygens (including phenoxy) is 2. The summed E-state index contributed by atoms with van der Waals surface area (Å²) in [5.74, 6) is 1.21. The summed E-state index contributed by atoms with van der Waals surface area (Å²) in [6.07, 6.45) is 0. The Balaban J connectivity index is 2.25. The number of hydrogen-bond acceptors (Lipinski definition) is 2. The lowest BCUT2D eigenvalue weighted by Gasteiger charge is -2.05. The van der Waals surface area contributed by atoms with E-state index in [4.69, 9.17) is 32.7 Å². The zero-order chi connectivity index (χ0) is 9.52. The Morgan fingerprint density at radius 2 is 1.85 bits per heavy atom. The largest absolute Gasteiger partial charge is 0.468 e. The van der Waals surface area contributed by atoms with Gasteiger partial charge in [0.2, 0.25) is 0 Å². The molecule has 0 aliphatic rings. The predicted molar refractivity (Wildman–Crippen MR) is 53.6 cm³/mol. The lowest BCUT2D eigenvalue weighted by atomic mass is 10.3. The van der Waals surface area contributed by atoms with E-state index < -0.39 is 0 Å². The quantitative estimate of drug-likeness (QED) is 0.432. The molecule has 0 radical (unpaired) electrons. The van der Waals surface area contributed by atoms with Crippen molar-refractivity contribution in [2.75, 3.05) is 19.3 Å². The van der Waals surface area contributed by atoms with E-state index in [0.717, 1.165) is 5.75 Å². The maximum absolute atomic E-state index is 5.69. The molecule has 2 nitrogen and oxygen atoms in total. The van der Waals surface area contributed by atoms with Crippen LogP contribution in [0.5, 0.6) is 5.75 Å². The number of halogens is 2. The molecular formula is C9H10Cl2O2. The Hall–Kier alpha value is -0.440. The average molecular weight is 221 g/mol. The molecule has 0 amide bonds. The van der Waals surface area contributed by atoms with Crippen LogP contribution in [0.3, 0.4) is 0 Å². The van der Waals surface area contributed by atoms with Crippen LogP contribution in [0.2, 0.25) is 5.02 Å². The van der Waals surface area contributed by atoms with Gasteiger partial charge < -0.3 is 9.47 Å². The average Bonchev–Trinajstić information content (AvgIpc) is 2.15. The summed E-state index contributed by atoms with van der Waals surface area (Å²) in [6, 6.07) is 7.09. The van der Waals surface area contributed by atoms with Gasteiger partial charge in [-0.2, -0.15) is 0 Å². The summed E-state index contributed by atoms with van der Waals surface area (Å²) < 4.78 is 10.3. The summed E-state index contributed by atoms with van der Waals surface area (Å²) >= 11 is 11.1. The molecule has 0 bridgehead atoms. The van der Waals surface area contributed by atoms with Crippen molar-refractivity contribution in [1.82, 2.24) is 0 Å². The van der Waals surface area contributed by atoms with Crippen molar-refractivity contribution >= 4 is 23.2 Å². The minimum Gasteiger partial charge on any atom is -0.468 e. The van der Waals surface area contributed by atoms with E-state index in [1.165, 1.54) is 0 Å². The molecule has 1 aromatic carbocycles. The first-order valence-electron chi connectivity index (χ1n) is 3.85. The van der Waals surface area contributed by atoms with Crippen molar-refractivity contribution in [3.8, 4) is 5.75 Å². The van der Waals surface area contributed by atoms with Crippen LogP contribution in [0.4, 0.5) is 0 Å². The van der Waals surface area contributed by atoms with Crippen molar-refractivity contribution in [2.24, 2.45) is 0 Å². The molecule has 0 aliphatic heterocycles. The second-order valence-electron chi connectivity index (χ2n) is 2.31. The van der Waals surface area contributed by atoms with Gasteiger partial charge in [-0.3, -0.25) is 0 Å². The third-order valence-electron chi connectivity index (χ3n) is 1.34. The maximum Gasteiger partial charge on any atom is 0.189 e. The van der Waals surface area contributed by atoms with Crippen LogP contribution in [0.15, 0.2) is 24.3 Å². The minimum atomic E-state index is 0.217. The molecule has 0 spiro atoms. The SMILES string of the molecule is ClCCOCOc1ccc(Cl)cc1. The zero-order valence-electron chi connectivity index (χ0n) is 7.00. The van der Waals surface area contributed by atoms with Gasteiger partial charge in [0.1, 0.15) is 5.75 Å². The summed E-state index contributed by atoms with van der Waals surface area (Å²) in [4.78, 5) is 0. The van der Waals surface area contributed by atoms with Gasteiger partial charge >= 0.3 is 0 Å². The summed E-state index contributed by atoms with van der Waals surface area (Å²) in [6.45, 7) is 0.712. The molecule has 0 N–H and O–H groups in total. The molecule has 0 fully saturated rings. The van der Waals surface area contributed by atoms with Crippen LogP contribution in [0, 0.1) is 0 Å². The second kappa shape index (κ2) is 6.08. The highest BCUT2D eigenvalue weighted by Gasteiger charge is 1.92. The van der Waals surface area contributed by atoms with Gasteiger partial charge in [0.05, 0.1) is 6.61 Å². The van der Waals surface area contributed by atoms with Crippen LogP contribution < -0.4 is 4.74 Å². The molecule has 4 heteroatoms. The summed E-state index contributed by atoms with van der Waals surface area (Å²) in [5, 5.41) is 0.689. The van der Waals surface area contributed by atoms with Crippen LogP contribution >= 0.6 is 23.2 Å². The van der Waals surface area contributed by atoms with E-state index in [1.54, 1.807) is 24.3 Å². The first-order chi connectivity index (χ1) is 6.33. The molecule has 0 saturated carbocycles. The Morgan fingerprint density at radius 1 is 1.15 bits per heavy atom. The summed E-state index contributed by atoms with van der Waals surface area (Å²) in [7, 11) is 0. The lowest BCUT2D eigenvalue weighted by molar-refractivity contribution is 0.0234. The molecule has 0 heterocycles. The smallest absolute Gasteiger partial charge is 0.189 e. The van der Waals surface area contributed by atoms with Gasteiger partial charge in [0.25, 0.3) is 0 Å². The molecular weight excluding hydrogens is 211 g/mol. The van der Waals surface area contributed by atoms with Crippen molar-refractivity contribution in [3.05, 3.63) is 29.3 Å². The number of alkyl halides is 1. The highest BCUT2D eigenvalue weighted by Crippen LogP contribution is 2.15. The third-order valence-corrected chi connectivity index (χ3v) is 1.75. The molecule has 1 aromatic rings. The van der Waals surface area contributed by atoms with E-state index in [9.17, 15) is 0 Å². The molecule has 0 saturated heterocycles. The predicted octanol–water partition coefficient (Wildman–Crippen LogP) is 2.93. The highest BCUT2D eigenvalue weighted by atomic mass is 35.5. The van der Waals surface area contributed by atoms with Gasteiger partial charge in [0.15, 0.2) is 6.79 Å². The first kappa shape index (κ1) is 10.6. The third kappa shape index (κ3) is 4.36. The Kier molecular flexibility index (Phi) is 4.98. The summed E-state index contributed by atoms with van der Waals surface area (Å²) in [5.41, 5.74) is 0. The molecule has 0 atom stereocenters. The van der Waals surface area contributed by atoms with Crippen LogP contribution in [0.1, 0.15) is 0 Å². The van der Waals surface area contributed by atoms with E-state index in [0.29, 0.717) is 17.5 Å². The van der Waals surface area contributed by atoms with Gasteiger partial charge in [-0.15, -0.1) is 11.6 Å². The number of rotatable bonds is 5. The second-order valence-corrected chi connectivity index (χ2v) is 3.13. The number of hydrogen-bond donors (Lipinski definition) is 0. The van der Waals surface area contributed by atoms with Gasteiger partial charge in [-0.05, 0) is 24.3 Å². The van der Waals surface area contributed by atoms with Crippen molar-refractivity contribution in [2.45, 2.75) is 0 Å². The van der Waals surface area contributed by atoms with E-state index in [-0.39, 0.29) is 6.79 Å². The minimum absolute atomic E-state index is 0.217. The lowest BCUT2D eigenvalue weighted by Crippen LogP contribution is -2.04. The fraction of sp³-hybridized carbons (Fsp3) is 0.333. The Labute approximate surface area is 87.4 Å². The Bertz CT molecular complexity index is 236. The molecule has 0 aliphatic carbocycles. The first-order valence-corrected chi connectivity index (χ1v) is 4.76. The molecule has 13 heavy (non-hydrogen) atoms. The van der Waals surface area contributed by atoms with Crippen LogP contribution in [-0.4, -0.2) is 19.3 Å². The fourth-order valence-corrected chi connectivity index (χ4v) is 0.989. The highest BCUT2D eigenvalue weighted by molar-refractivity contribution is 6.30. The molecule has 72 valence electrons. The fourth-order valence-electron chi connectivity index (χ4n) is 0.754. The van der Waals surface area contributed by atoms with E-state index >= 15 is 0 Å².